The lowest BCUT2D eigenvalue weighted by atomic mass is 9.93. The van der Waals surface area contributed by atoms with Crippen molar-refractivity contribution in [1.82, 2.24) is 0 Å². The maximum absolute atomic E-state index is 6.30. The van der Waals surface area contributed by atoms with E-state index in [-0.39, 0.29) is 0 Å². The Morgan fingerprint density at radius 3 is 1.32 bits per heavy atom. The molecule has 0 saturated heterocycles. The van der Waals surface area contributed by atoms with Gasteiger partial charge in [-0.2, -0.15) is 0 Å². The molecule has 1 heterocycles. The van der Waals surface area contributed by atoms with Crippen LogP contribution < -0.4 is 14.5 Å². The second-order valence-electron chi connectivity index (χ2n) is 14.2. The third kappa shape index (κ3) is 6.62. The van der Waals surface area contributed by atoms with Crippen LogP contribution in [0, 0.1) is 0 Å². The molecular weight excluding hydrogens is 693 g/mol. The van der Waals surface area contributed by atoms with Crippen LogP contribution in [0.25, 0.3) is 44.5 Å². The summed E-state index contributed by atoms with van der Waals surface area (Å²) in [5.41, 5.74) is 15.8. The van der Waals surface area contributed by atoms with Crippen LogP contribution >= 0.6 is 0 Å². The first-order valence-corrected chi connectivity index (χ1v) is 19.3. The minimum absolute atomic E-state index is 0.843. The van der Waals surface area contributed by atoms with Crippen molar-refractivity contribution >= 4 is 34.1 Å². The Kier molecular flexibility index (Phi) is 8.86. The number of rotatable bonds is 8. The lowest BCUT2D eigenvalue weighted by Gasteiger charge is -2.33. The van der Waals surface area contributed by atoms with E-state index in [4.69, 9.17) is 4.74 Å². The summed E-state index contributed by atoms with van der Waals surface area (Å²) in [5.74, 6) is 1.69. The molecule has 0 spiro atoms. The molecule has 0 aliphatic carbocycles. The first-order chi connectivity index (χ1) is 28.3. The predicted octanol–water partition coefficient (Wildman–Crippen LogP) is 15.4. The van der Waals surface area contributed by atoms with Crippen molar-refractivity contribution in [2.75, 3.05) is 9.80 Å². The molecular formula is C54H38N2O. The molecule has 0 fully saturated rings. The molecule has 0 saturated carbocycles. The highest BCUT2D eigenvalue weighted by Crippen LogP contribution is 2.50. The van der Waals surface area contributed by atoms with Gasteiger partial charge in [0.15, 0.2) is 11.5 Å². The van der Waals surface area contributed by atoms with Gasteiger partial charge < -0.3 is 14.5 Å². The molecule has 57 heavy (non-hydrogen) atoms. The first-order valence-electron chi connectivity index (χ1n) is 19.3. The minimum atomic E-state index is 0.843. The van der Waals surface area contributed by atoms with E-state index in [0.29, 0.717) is 0 Å². The van der Waals surface area contributed by atoms with E-state index >= 15 is 0 Å². The number of hydrogen-bond donors (Lipinski definition) is 0. The first kappa shape index (κ1) is 33.9. The molecule has 3 nitrogen and oxygen atoms in total. The minimum Gasteiger partial charge on any atom is -0.453 e. The normalized spacial score (nSPS) is 11.6. The number of benzene rings is 9. The van der Waals surface area contributed by atoms with Gasteiger partial charge in [-0.3, -0.25) is 0 Å². The van der Waals surface area contributed by atoms with Crippen molar-refractivity contribution in [2.45, 2.75) is 0 Å². The Labute approximate surface area is 334 Å². The van der Waals surface area contributed by atoms with Crippen LogP contribution in [0.1, 0.15) is 0 Å². The van der Waals surface area contributed by atoms with E-state index in [9.17, 15) is 0 Å². The molecule has 0 unspecified atom stereocenters. The topological polar surface area (TPSA) is 15.7 Å². The zero-order valence-electron chi connectivity index (χ0n) is 31.2. The Morgan fingerprint density at radius 1 is 0.298 bits per heavy atom. The fraction of sp³-hybridized carbons (Fsp3) is 0. The second-order valence-corrected chi connectivity index (χ2v) is 14.2. The highest BCUT2D eigenvalue weighted by molar-refractivity contribution is 5.90. The van der Waals surface area contributed by atoms with E-state index in [1.54, 1.807) is 0 Å². The summed E-state index contributed by atoms with van der Waals surface area (Å²) in [4.78, 5) is 4.65. The number of para-hydroxylation sites is 4. The Balaban J connectivity index is 1.06. The monoisotopic (exact) mass is 730 g/mol. The quantitative estimate of drug-likeness (QED) is 0.155. The number of anilines is 6. The maximum Gasteiger partial charge on any atom is 0.151 e. The molecule has 0 N–H and O–H groups in total. The van der Waals surface area contributed by atoms with Crippen LogP contribution in [0.15, 0.2) is 231 Å². The van der Waals surface area contributed by atoms with E-state index in [0.717, 1.165) is 56.8 Å². The molecule has 0 amide bonds. The molecule has 10 rings (SSSR count). The van der Waals surface area contributed by atoms with Crippen molar-refractivity contribution in [1.29, 1.82) is 0 Å². The molecule has 9 aromatic carbocycles. The Hall–Kier alpha value is -7.62. The maximum atomic E-state index is 6.30. The predicted molar refractivity (Wildman–Crippen MR) is 238 cm³/mol. The fourth-order valence-electron chi connectivity index (χ4n) is 7.89. The molecule has 3 heteroatoms. The standard InChI is InChI=1S/C54H38N2O/c1-4-15-39(16-5-1)40-27-31-45(32-28-40)55(48-35-36-49(42-17-6-2-7-18-42)50(38-48)43-19-8-3-9-20-43)46-33-29-41(30-34-46)44-21-14-22-47(37-44)56-51-23-10-12-25-53(51)57-54-26-13-11-24-52(54)56/h1-38H. The van der Waals surface area contributed by atoms with Crippen molar-refractivity contribution in [3.05, 3.63) is 231 Å². The number of fused-ring (bicyclic) bond motifs is 2. The zero-order valence-corrected chi connectivity index (χ0v) is 31.2. The summed E-state index contributed by atoms with van der Waals surface area (Å²) in [6.07, 6.45) is 0. The molecule has 0 bridgehead atoms. The number of hydrogen-bond acceptors (Lipinski definition) is 3. The largest absolute Gasteiger partial charge is 0.453 e. The van der Waals surface area contributed by atoms with Gasteiger partial charge in [-0.05, 0) is 117 Å². The lowest BCUT2D eigenvalue weighted by Crippen LogP contribution is -2.15. The van der Waals surface area contributed by atoms with Gasteiger partial charge >= 0.3 is 0 Å². The van der Waals surface area contributed by atoms with E-state index in [2.05, 4.69) is 216 Å². The molecule has 270 valence electrons. The molecule has 1 aliphatic heterocycles. The van der Waals surface area contributed by atoms with Crippen LogP contribution in [0.3, 0.4) is 0 Å². The number of nitrogens with zero attached hydrogens (tertiary/aromatic N) is 2. The molecule has 1 aliphatic rings. The van der Waals surface area contributed by atoms with Crippen molar-refractivity contribution in [2.24, 2.45) is 0 Å². The summed E-state index contributed by atoms with van der Waals surface area (Å²) in [6, 6.07) is 81.8. The summed E-state index contributed by atoms with van der Waals surface area (Å²) >= 11 is 0. The van der Waals surface area contributed by atoms with Crippen molar-refractivity contribution in [3.63, 3.8) is 0 Å². The van der Waals surface area contributed by atoms with Gasteiger partial charge in [0, 0.05) is 22.7 Å². The average Bonchev–Trinajstić information content (AvgIpc) is 3.29. The molecule has 0 aromatic heterocycles. The third-order valence-electron chi connectivity index (χ3n) is 10.7. The van der Waals surface area contributed by atoms with E-state index < -0.39 is 0 Å². The molecule has 0 radical (unpaired) electrons. The Bertz CT molecular complexity index is 2750. The van der Waals surface area contributed by atoms with Crippen LogP contribution in [-0.4, -0.2) is 0 Å². The van der Waals surface area contributed by atoms with Crippen LogP contribution in [0.4, 0.5) is 34.1 Å². The van der Waals surface area contributed by atoms with Gasteiger partial charge in [0.2, 0.25) is 0 Å². The van der Waals surface area contributed by atoms with Gasteiger partial charge in [0.05, 0.1) is 11.4 Å². The Morgan fingerprint density at radius 2 is 0.737 bits per heavy atom. The molecule has 0 atom stereocenters. The van der Waals surface area contributed by atoms with Crippen LogP contribution in [-0.2, 0) is 0 Å². The van der Waals surface area contributed by atoms with Gasteiger partial charge in [-0.15, -0.1) is 0 Å². The van der Waals surface area contributed by atoms with Gasteiger partial charge in [-0.1, -0.05) is 158 Å². The summed E-state index contributed by atoms with van der Waals surface area (Å²) in [6.45, 7) is 0. The second kappa shape index (κ2) is 14.9. The summed E-state index contributed by atoms with van der Waals surface area (Å²) in [7, 11) is 0. The SMILES string of the molecule is c1ccc(-c2ccc(N(c3ccc(-c4cccc(N5c6ccccc6Oc6ccccc65)c4)cc3)c3ccc(-c4ccccc4)c(-c4ccccc4)c3)cc2)cc1. The van der Waals surface area contributed by atoms with Crippen molar-refractivity contribution in [3.8, 4) is 56.0 Å². The highest BCUT2D eigenvalue weighted by Gasteiger charge is 2.25. The zero-order chi connectivity index (χ0) is 38.0. The smallest absolute Gasteiger partial charge is 0.151 e. The van der Waals surface area contributed by atoms with Crippen LogP contribution in [0.5, 0.6) is 11.5 Å². The van der Waals surface area contributed by atoms with Crippen molar-refractivity contribution < 1.29 is 4.74 Å². The average molecular weight is 731 g/mol. The highest BCUT2D eigenvalue weighted by atomic mass is 16.5. The van der Waals surface area contributed by atoms with E-state index in [1.165, 1.54) is 33.4 Å². The van der Waals surface area contributed by atoms with Gasteiger partial charge in [-0.25, -0.2) is 0 Å². The van der Waals surface area contributed by atoms with Gasteiger partial charge in [0.25, 0.3) is 0 Å². The number of ether oxygens (including phenoxy) is 1. The lowest BCUT2D eigenvalue weighted by molar-refractivity contribution is 0.477. The van der Waals surface area contributed by atoms with E-state index in [1.807, 2.05) is 24.3 Å². The third-order valence-corrected chi connectivity index (χ3v) is 10.7. The van der Waals surface area contributed by atoms with Gasteiger partial charge in [0.1, 0.15) is 0 Å². The molecule has 9 aromatic rings. The fourth-order valence-corrected chi connectivity index (χ4v) is 7.89. The summed E-state index contributed by atoms with van der Waals surface area (Å²) < 4.78 is 6.30. The summed E-state index contributed by atoms with van der Waals surface area (Å²) in [5, 5.41) is 0. The van der Waals surface area contributed by atoms with Crippen LogP contribution in [0.2, 0.25) is 0 Å².